The fourth-order valence-electron chi connectivity index (χ4n) is 2.36. The molecule has 2 aromatic rings. The third-order valence-corrected chi connectivity index (χ3v) is 3.43. The van der Waals surface area contributed by atoms with Crippen LogP contribution in [-0.2, 0) is 0 Å². The van der Waals surface area contributed by atoms with Crippen LogP contribution >= 0.6 is 0 Å². The third kappa shape index (κ3) is 3.23. The second-order valence-electron chi connectivity index (χ2n) is 5.06. The fourth-order valence-corrected chi connectivity index (χ4v) is 2.36. The summed E-state index contributed by atoms with van der Waals surface area (Å²) in [5, 5.41) is 3.56. The van der Waals surface area contributed by atoms with Crippen molar-refractivity contribution >= 4 is 0 Å². The third-order valence-electron chi connectivity index (χ3n) is 3.43. The van der Waals surface area contributed by atoms with Crippen LogP contribution in [0.1, 0.15) is 42.0 Å². The summed E-state index contributed by atoms with van der Waals surface area (Å²) in [5.41, 5.74) is 2.43. The molecule has 3 heteroatoms. The number of benzene rings is 1. The average Bonchev–Trinajstić information content (AvgIpc) is 2.87. The van der Waals surface area contributed by atoms with E-state index >= 15 is 0 Å². The first kappa shape index (κ1) is 14.7. The lowest BCUT2D eigenvalue weighted by Crippen LogP contribution is -2.23. The van der Waals surface area contributed by atoms with Crippen molar-refractivity contribution < 1.29 is 9.15 Å². The molecule has 0 fully saturated rings. The number of methoxy groups -OCH3 is 1. The molecule has 2 rings (SSSR count). The van der Waals surface area contributed by atoms with Gasteiger partial charge in [0, 0.05) is 0 Å². The van der Waals surface area contributed by atoms with Crippen LogP contribution < -0.4 is 10.1 Å². The molecule has 0 aliphatic rings. The highest BCUT2D eigenvalue weighted by Gasteiger charge is 2.19. The van der Waals surface area contributed by atoms with E-state index in [1.54, 1.807) is 7.11 Å². The molecule has 1 atom stereocenters. The molecule has 20 heavy (non-hydrogen) atoms. The number of ether oxygens (including phenoxy) is 1. The van der Waals surface area contributed by atoms with Crippen LogP contribution in [0.4, 0.5) is 0 Å². The van der Waals surface area contributed by atoms with Crippen molar-refractivity contribution in [3.05, 3.63) is 53.0 Å². The molecular weight excluding hydrogens is 250 g/mol. The van der Waals surface area contributed by atoms with Crippen LogP contribution in [0.15, 0.2) is 34.7 Å². The van der Waals surface area contributed by atoms with Gasteiger partial charge in [0.05, 0.1) is 13.2 Å². The maximum absolute atomic E-state index is 5.81. The van der Waals surface area contributed by atoms with E-state index in [2.05, 4.69) is 31.3 Å². The Hall–Kier alpha value is -1.74. The molecule has 1 aromatic carbocycles. The van der Waals surface area contributed by atoms with E-state index in [9.17, 15) is 0 Å². The van der Waals surface area contributed by atoms with Crippen molar-refractivity contribution in [3.8, 4) is 5.75 Å². The number of rotatable bonds is 6. The molecule has 0 bridgehead atoms. The zero-order chi connectivity index (χ0) is 14.5. The van der Waals surface area contributed by atoms with E-state index < -0.39 is 0 Å². The van der Waals surface area contributed by atoms with Gasteiger partial charge < -0.3 is 14.5 Å². The number of hydrogen-bond donors (Lipinski definition) is 1. The smallest absolute Gasteiger partial charge is 0.125 e. The Morgan fingerprint density at radius 2 is 2.00 bits per heavy atom. The predicted octanol–water partition coefficient (Wildman–Crippen LogP) is 3.99. The van der Waals surface area contributed by atoms with Gasteiger partial charge in [-0.3, -0.25) is 0 Å². The molecule has 0 aliphatic heterocycles. The fraction of sp³-hybridized carbons (Fsp3) is 0.412. The Morgan fingerprint density at radius 3 is 2.55 bits per heavy atom. The van der Waals surface area contributed by atoms with Gasteiger partial charge in [0.1, 0.15) is 17.3 Å². The van der Waals surface area contributed by atoms with E-state index in [0.717, 1.165) is 30.2 Å². The largest absolute Gasteiger partial charge is 0.497 e. The topological polar surface area (TPSA) is 34.4 Å². The molecule has 0 aliphatic carbocycles. The molecule has 1 heterocycles. The Bertz CT molecular complexity index is 560. The minimum absolute atomic E-state index is 0.0922. The van der Waals surface area contributed by atoms with Gasteiger partial charge in [-0.15, -0.1) is 0 Å². The lowest BCUT2D eigenvalue weighted by atomic mass is 9.99. The lowest BCUT2D eigenvalue weighted by molar-refractivity contribution is 0.412. The van der Waals surface area contributed by atoms with Crippen LogP contribution in [0.5, 0.6) is 5.75 Å². The highest BCUT2D eigenvalue weighted by Crippen LogP contribution is 2.28. The molecule has 3 nitrogen and oxygen atoms in total. The first-order valence-corrected chi connectivity index (χ1v) is 7.10. The van der Waals surface area contributed by atoms with E-state index in [1.807, 2.05) is 25.1 Å². The van der Waals surface area contributed by atoms with Gasteiger partial charge in [0.25, 0.3) is 0 Å². The normalized spacial score (nSPS) is 12.4. The lowest BCUT2D eigenvalue weighted by Gasteiger charge is -2.19. The van der Waals surface area contributed by atoms with E-state index in [4.69, 9.17) is 9.15 Å². The van der Waals surface area contributed by atoms with Crippen molar-refractivity contribution in [2.75, 3.05) is 13.7 Å². The van der Waals surface area contributed by atoms with Crippen molar-refractivity contribution in [1.29, 1.82) is 0 Å². The maximum atomic E-state index is 5.81. The van der Waals surface area contributed by atoms with Crippen LogP contribution in [0.3, 0.4) is 0 Å². The second-order valence-corrected chi connectivity index (χ2v) is 5.06. The SMILES string of the molecule is CCCNC(c1ccc(C)o1)c1ccc(OC)cc1C. The van der Waals surface area contributed by atoms with Crippen LogP contribution in [-0.4, -0.2) is 13.7 Å². The van der Waals surface area contributed by atoms with Gasteiger partial charge in [-0.05, 0) is 62.2 Å². The molecule has 1 aromatic heterocycles. The molecule has 0 radical (unpaired) electrons. The molecule has 0 saturated heterocycles. The first-order valence-electron chi connectivity index (χ1n) is 7.10. The Morgan fingerprint density at radius 1 is 1.20 bits per heavy atom. The van der Waals surface area contributed by atoms with Crippen molar-refractivity contribution in [2.24, 2.45) is 0 Å². The van der Waals surface area contributed by atoms with Crippen molar-refractivity contribution in [3.63, 3.8) is 0 Å². The molecule has 0 amide bonds. The molecule has 108 valence electrons. The molecule has 0 saturated carbocycles. The first-order chi connectivity index (χ1) is 9.65. The van der Waals surface area contributed by atoms with Crippen LogP contribution in [0, 0.1) is 13.8 Å². The number of nitrogens with one attached hydrogen (secondary N) is 1. The van der Waals surface area contributed by atoms with E-state index in [0.29, 0.717) is 0 Å². The molecular formula is C17H23NO2. The minimum Gasteiger partial charge on any atom is -0.497 e. The standard InChI is InChI=1S/C17H23NO2/c1-5-10-18-17(16-9-6-13(3)20-16)15-8-7-14(19-4)11-12(15)2/h6-9,11,17-18H,5,10H2,1-4H3. The Labute approximate surface area is 121 Å². The number of aryl methyl sites for hydroxylation is 2. The summed E-state index contributed by atoms with van der Waals surface area (Å²) in [6.07, 6.45) is 1.09. The Kier molecular flexibility index (Phi) is 4.85. The number of furan rings is 1. The summed E-state index contributed by atoms with van der Waals surface area (Å²) in [4.78, 5) is 0. The minimum atomic E-state index is 0.0922. The monoisotopic (exact) mass is 273 g/mol. The quantitative estimate of drug-likeness (QED) is 0.864. The maximum Gasteiger partial charge on any atom is 0.125 e. The molecule has 0 spiro atoms. The summed E-state index contributed by atoms with van der Waals surface area (Å²) in [6, 6.07) is 10.3. The summed E-state index contributed by atoms with van der Waals surface area (Å²) < 4.78 is 11.1. The summed E-state index contributed by atoms with van der Waals surface area (Å²) >= 11 is 0. The van der Waals surface area contributed by atoms with Crippen molar-refractivity contribution in [2.45, 2.75) is 33.2 Å². The van der Waals surface area contributed by atoms with E-state index in [-0.39, 0.29) is 6.04 Å². The van der Waals surface area contributed by atoms with Crippen molar-refractivity contribution in [1.82, 2.24) is 5.32 Å². The predicted molar refractivity (Wildman–Crippen MR) is 81.3 cm³/mol. The second kappa shape index (κ2) is 6.62. The Balaban J connectivity index is 2.35. The van der Waals surface area contributed by atoms with Gasteiger partial charge in [0.2, 0.25) is 0 Å². The van der Waals surface area contributed by atoms with Gasteiger partial charge >= 0.3 is 0 Å². The highest BCUT2D eigenvalue weighted by atomic mass is 16.5. The average molecular weight is 273 g/mol. The number of hydrogen-bond acceptors (Lipinski definition) is 3. The molecule has 1 unspecified atom stereocenters. The van der Waals surface area contributed by atoms with Crippen LogP contribution in [0.25, 0.3) is 0 Å². The van der Waals surface area contributed by atoms with Crippen LogP contribution in [0.2, 0.25) is 0 Å². The zero-order valence-electron chi connectivity index (χ0n) is 12.7. The van der Waals surface area contributed by atoms with Gasteiger partial charge in [0.15, 0.2) is 0 Å². The van der Waals surface area contributed by atoms with Gasteiger partial charge in [-0.1, -0.05) is 13.0 Å². The summed E-state index contributed by atoms with van der Waals surface area (Å²) in [6.45, 7) is 7.20. The highest BCUT2D eigenvalue weighted by molar-refractivity contribution is 5.39. The molecule has 1 N–H and O–H groups in total. The van der Waals surface area contributed by atoms with Gasteiger partial charge in [-0.2, -0.15) is 0 Å². The zero-order valence-corrected chi connectivity index (χ0v) is 12.7. The van der Waals surface area contributed by atoms with E-state index in [1.165, 1.54) is 11.1 Å². The summed E-state index contributed by atoms with van der Waals surface area (Å²) in [5.74, 6) is 2.79. The van der Waals surface area contributed by atoms with Gasteiger partial charge in [-0.25, -0.2) is 0 Å². The summed E-state index contributed by atoms with van der Waals surface area (Å²) in [7, 11) is 1.69.